The Morgan fingerprint density at radius 1 is 1.14 bits per heavy atom. The van der Waals surface area contributed by atoms with Crippen molar-refractivity contribution in [2.24, 2.45) is 13.0 Å². The lowest BCUT2D eigenvalue weighted by Gasteiger charge is -2.28. The largest absolute Gasteiger partial charge is 0.481 e. The number of nitrogens with zero attached hydrogens (tertiary/aromatic N) is 2. The van der Waals surface area contributed by atoms with Crippen molar-refractivity contribution in [3.63, 3.8) is 0 Å². The van der Waals surface area contributed by atoms with Crippen molar-refractivity contribution in [1.29, 1.82) is 0 Å². The van der Waals surface area contributed by atoms with Crippen LogP contribution in [0.3, 0.4) is 0 Å². The Morgan fingerprint density at radius 2 is 1.83 bits per heavy atom. The van der Waals surface area contributed by atoms with Crippen LogP contribution in [0.25, 0.3) is 11.1 Å². The first-order valence-corrected chi connectivity index (χ1v) is 12.3. The molecule has 1 amide bonds. The second kappa shape index (κ2) is 11.0. The summed E-state index contributed by atoms with van der Waals surface area (Å²) in [5.74, 6) is 0.568. The van der Waals surface area contributed by atoms with E-state index in [1.165, 1.54) is 5.56 Å². The number of aliphatic carboxylic acids is 1. The molecule has 0 aliphatic heterocycles. The predicted octanol–water partition coefficient (Wildman–Crippen LogP) is 6.80. The third kappa shape index (κ3) is 6.03. The van der Waals surface area contributed by atoms with Crippen LogP contribution in [-0.2, 0) is 16.6 Å². The second-order valence-electron chi connectivity index (χ2n) is 9.16. The normalized spacial score (nSPS) is 18.6. The van der Waals surface area contributed by atoms with Gasteiger partial charge in [-0.3, -0.25) is 14.8 Å². The van der Waals surface area contributed by atoms with E-state index in [1.807, 2.05) is 30.3 Å². The van der Waals surface area contributed by atoms with Gasteiger partial charge in [-0.15, -0.1) is 0 Å². The van der Waals surface area contributed by atoms with Crippen molar-refractivity contribution in [2.45, 2.75) is 51.0 Å². The van der Waals surface area contributed by atoms with Crippen LogP contribution < -0.4 is 5.32 Å². The molecule has 0 unspecified atom stereocenters. The number of rotatable bonds is 7. The van der Waals surface area contributed by atoms with Crippen molar-refractivity contribution >= 4 is 29.5 Å². The second-order valence-corrected chi connectivity index (χ2v) is 9.57. The smallest absolute Gasteiger partial charge is 0.413 e. The van der Waals surface area contributed by atoms with Crippen molar-refractivity contribution < 1.29 is 19.4 Å². The summed E-state index contributed by atoms with van der Waals surface area (Å²) >= 11 is 6.22. The number of carbonyl (C=O) groups excluding carboxylic acids is 1. The molecule has 7 nitrogen and oxygen atoms in total. The molecule has 184 valence electrons. The average Bonchev–Trinajstić information content (AvgIpc) is 3.19. The molecule has 35 heavy (non-hydrogen) atoms. The van der Waals surface area contributed by atoms with Crippen LogP contribution in [0.2, 0.25) is 5.02 Å². The van der Waals surface area contributed by atoms with E-state index in [4.69, 9.17) is 21.4 Å². The van der Waals surface area contributed by atoms with Crippen molar-refractivity contribution in [3.8, 4) is 11.1 Å². The number of aromatic nitrogens is 2. The number of carboxylic acid groups (broad SMARTS) is 1. The SMILES string of the molecule is C[C@@H](OC(=O)Nc1c(-c2ccc(C3CCC(CC(=O)O)CC3)cc2)cnn1C)c1ccccc1Cl. The van der Waals surface area contributed by atoms with E-state index in [9.17, 15) is 9.59 Å². The first kappa shape index (κ1) is 24.8. The minimum Gasteiger partial charge on any atom is -0.481 e. The molecule has 0 spiro atoms. The Balaban J connectivity index is 1.41. The molecule has 1 aromatic heterocycles. The molecule has 1 aliphatic rings. The van der Waals surface area contributed by atoms with Crippen molar-refractivity contribution in [1.82, 2.24) is 9.78 Å². The topological polar surface area (TPSA) is 93.4 Å². The summed E-state index contributed by atoms with van der Waals surface area (Å²) in [4.78, 5) is 23.6. The van der Waals surface area contributed by atoms with E-state index in [2.05, 4.69) is 22.5 Å². The molecule has 2 N–H and O–H groups in total. The van der Waals surface area contributed by atoms with Gasteiger partial charge in [-0.1, -0.05) is 54.1 Å². The molecule has 1 saturated carbocycles. The first-order valence-electron chi connectivity index (χ1n) is 11.9. The maximum atomic E-state index is 12.6. The minimum absolute atomic E-state index is 0.266. The van der Waals surface area contributed by atoms with Crippen LogP contribution in [0, 0.1) is 5.92 Å². The van der Waals surface area contributed by atoms with Crippen molar-refractivity contribution in [3.05, 3.63) is 70.9 Å². The van der Waals surface area contributed by atoms with Gasteiger partial charge >= 0.3 is 12.1 Å². The fraction of sp³-hybridized carbons (Fsp3) is 0.370. The fourth-order valence-corrected chi connectivity index (χ4v) is 5.12. The lowest BCUT2D eigenvalue weighted by Crippen LogP contribution is -2.18. The number of anilines is 1. The molecule has 1 aliphatic carbocycles. The summed E-state index contributed by atoms with van der Waals surface area (Å²) in [5, 5.41) is 16.7. The van der Waals surface area contributed by atoms with E-state index < -0.39 is 18.2 Å². The van der Waals surface area contributed by atoms with E-state index >= 15 is 0 Å². The maximum absolute atomic E-state index is 12.6. The number of benzene rings is 2. The summed E-state index contributed by atoms with van der Waals surface area (Å²) in [6.07, 6.45) is 4.80. The molecule has 0 bridgehead atoms. The molecule has 1 fully saturated rings. The number of amides is 1. The zero-order valence-electron chi connectivity index (χ0n) is 19.9. The Kier molecular flexibility index (Phi) is 7.76. The highest BCUT2D eigenvalue weighted by Crippen LogP contribution is 2.38. The van der Waals surface area contributed by atoms with E-state index in [0.717, 1.165) is 42.4 Å². The molecule has 2 aromatic carbocycles. The van der Waals surface area contributed by atoms with Gasteiger partial charge < -0.3 is 9.84 Å². The highest BCUT2D eigenvalue weighted by molar-refractivity contribution is 6.31. The summed E-state index contributed by atoms with van der Waals surface area (Å²) in [6, 6.07) is 15.6. The summed E-state index contributed by atoms with van der Waals surface area (Å²) in [7, 11) is 1.76. The predicted molar refractivity (Wildman–Crippen MR) is 136 cm³/mol. The molecule has 3 aromatic rings. The summed E-state index contributed by atoms with van der Waals surface area (Å²) in [6.45, 7) is 1.78. The van der Waals surface area contributed by atoms with Gasteiger partial charge in [0.2, 0.25) is 0 Å². The van der Waals surface area contributed by atoms with Crippen LogP contribution in [-0.4, -0.2) is 26.9 Å². The Hall–Kier alpha value is -3.32. The van der Waals surface area contributed by atoms with Gasteiger partial charge in [0.25, 0.3) is 0 Å². The fourth-order valence-electron chi connectivity index (χ4n) is 4.83. The van der Waals surface area contributed by atoms with Gasteiger partial charge in [0.15, 0.2) is 0 Å². The first-order chi connectivity index (χ1) is 16.8. The number of nitrogens with one attached hydrogen (secondary N) is 1. The number of hydrogen-bond acceptors (Lipinski definition) is 4. The molecule has 0 saturated heterocycles. The number of carbonyl (C=O) groups is 2. The van der Waals surface area contributed by atoms with Crippen molar-refractivity contribution in [2.75, 3.05) is 5.32 Å². The van der Waals surface area contributed by atoms with Gasteiger partial charge in [-0.25, -0.2) is 4.79 Å². The van der Waals surface area contributed by atoms with Crippen LogP contribution in [0.1, 0.15) is 62.2 Å². The summed E-state index contributed by atoms with van der Waals surface area (Å²) < 4.78 is 7.16. The lowest BCUT2D eigenvalue weighted by atomic mass is 9.77. The highest BCUT2D eigenvalue weighted by Gasteiger charge is 2.24. The average molecular weight is 496 g/mol. The maximum Gasteiger partial charge on any atom is 0.413 e. The third-order valence-corrected chi connectivity index (χ3v) is 7.13. The lowest BCUT2D eigenvalue weighted by molar-refractivity contribution is -0.138. The zero-order chi connectivity index (χ0) is 24.9. The molecule has 1 atom stereocenters. The zero-order valence-corrected chi connectivity index (χ0v) is 20.7. The Labute approximate surface area is 210 Å². The summed E-state index contributed by atoms with van der Waals surface area (Å²) in [5.41, 5.74) is 3.73. The molecule has 1 heterocycles. The number of halogens is 1. The van der Waals surface area contributed by atoms with E-state index in [-0.39, 0.29) is 12.3 Å². The number of carboxylic acids is 1. The molecule has 4 rings (SSSR count). The molecular weight excluding hydrogens is 466 g/mol. The number of ether oxygens (including phenoxy) is 1. The third-order valence-electron chi connectivity index (χ3n) is 6.79. The number of hydrogen-bond donors (Lipinski definition) is 2. The number of aryl methyl sites for hydroxylation is 1. The van der Waals surface area contributed by atoms with E-state index in [0.29, 0.717) is 16.8 Å². The monoisotopic (exact) mass is 495 g/mol. The van der Waals surface area contributed by atoms with Crippen LogP contribution in [0.4, 0.5) is 10.6 Å². The highest BCUT2D eigenvalue weighted by atomic mass is 35.5. The quantitative estimate of drug-likeness (QED) is 0.376. The van der Waals surface area contributed by atoms with Gasteiger partial charge in [-0.05, 0) is 61.6 Å². The van der Waals surface area contributed by atoms with Gasteiger partial charge in [-0.2, -0.15) is 5.10 Å². The minimum atomic E-state index is -0.708. The standard InChI is InChI=1S/C27H30ClN3O4/c1-17(22-5-3-4-6-24(22)28)35-27(34)30-26-23(16-29-31(26)2)21-13-11-20(12-14-21)19-9-7-18(8-10-19)15-25(32)33/h3-6,11-14,16-19H,7-10,15H2,1-2H3,(H,30,34)(H,32,33)/t17-,18?,19?/m1/s1. The van der Waals surface area contributed by atoms with Crippen LogP contribution in [0.15, 0.2) is 54.7 Å². The molecular formula is C27H30ClN3O4. The van der Waals surface area contributed by atoms with Crippen LogP contribution >= 0.6 is 11.6 Å². The van der Waals surface area contributed by atoms with E-state index in [1.54, 1.807) is 30.9 Å². The Morgan fingerprint density at radius 3 is 2.49 bits per heavy atom. The van der Waals surface area contributed by atoms with Gasteiger partial charge in [0.1, 0.15) is 11.9 Å². The van der Waals surface area contributed by atoms with Gasteiger partial charge in [0, 0.05) is 29.6 Å². The van der Waals surface area contributed by atoms with Gasteiger partial charge in [0.05, 0.1) is 6.20 Å². The van der Waals surface area contributed by atoms with Crippen LogP contribution in [0.5, 0.6) is 0 Å². The molecule has 0 radical (unpaired) electrons. The Bertz CT molecular complexity index is 1180. The molecule has 8 heteroatoms.